The van der Waals surface area contributed by atoms with Gasteiger partial charge in [-0.1, -0.05) is 24.6 Å². The van der Waals surface area contributed by atoms with Crippen LogP contribution in [0.4, 0.5) is 5.69 Å². The number of carbonyl (C=O) groups is 1. The summed E-state index contributed by atoms with van der Waals surface area (Å²) in [6.07, 6.45) is 4.01. The van der Waals surface area contributed by atoms with E-state index >= 15 is 0 Å². The van der Waals surface area contributed by atoms with Gasteiger partial charge in [0.15, 0.2) is 0 Å². The molecule has 2 aliphatic rings. The van der Waals surface area contributed by atoms with Gasteiger partial charge in [-0.2, -0.15) is 0 Å². The minimum Gasteiger partial charge on any atom is -0.324 e. The molecule has 3 nitrogen and oxygen atoms in total. The van der Waals surface area contributed by atoms with E-state index in [-0.39, 0.29) is 11.9 Å². The van der Waals surface area contributed by atoms with Crippen LogP contribution in [0, 0.1) is 5.92 Å². The van der Waals surface area contributed by atoms with Crippen LogP contribution < -0.4 is 5.32 Å². The molecule has 1 atom stereocenters. The molecule has 1 aliphatic heterocycles. The zero-order valence-corrected chi connectivity index (χ0v) is 10.9. The van der Waals surface area contributed by atoms with Crippen molar-refractivity contribution in [3.63, 3.8) is 0 Å². The predicted octanol–water partition coefficient (Wildman–Crippen LogP) is 2.63. The van der Waals surface area contributed by atoms with E-state index in [1.165, 1.54) is 24.8 Å². The van der Waals surface area contributed by atoms with Gasteiger partial charge in [0.05, 0.1) is 6.04 Å². The summed E-state index contributed by atoms with van der Waals surface area (Å²) >= 11 is 0. The number of hydrogen-bond acceptors (Lipinski definition) is 2. The highest BCUT2D eigenvalue weighted by Crippen LogP contribution is 2.30. The highest BCUT2D eigenvalue weighted by Gasteiger charge is 2.29. The fraction of sp³-hybridized carbons (Fsp3) is 0.533. The van der Waals surface area contributed by atoms with E-state index in [1.54, 1.807) is 0 Å². The van der Waals surface area contributed by atoms with Crippen LogP contribution in [0.5, 0.6) is 0 Å². The molecule has 0 bridgehead atoms. The average Bonchev–Trinajstić information content (AvgIpc) is 2.43. The predicted molar refractivity (Wildman–Crippen MR) is 72.3 cm³/mol. The normalized spacial score (nSPS) is 24.9. The van der Waals surface area contributed by atoms with E-state index in [9.17, 15) is 4.79 Å². The molecule has 1 aromatic carbocycles. The second-order valence-corrected chi connectivity index (χ2v) is 5.55. The molecule has 1 amide bonds. The molecule has 96 valence electrons. The van der Waals surface area contributed by atoms with Gasteiger partial charge in [-0.25, -0.2) is 0 Å². The topological polar surface area (TPSA) is 32.3 Å². The van der Waals surface area contributed by atoms with Crippen molar-refractivity contribution in [3.05, 3.63) is 29.8 Å². The van der Waals surface area contributed by atoms with E-state index in [4.69, 9.17) is 0 Å². The Hall–Kier alpha value is -1.35. The maximum atomic E-state index is 12.1. The highest BCUT2D eigenvalue weighted by atomic mass is 16.2. The first-order valence-electron chi connectivity index (χ1n) is 6.87. The molecular weight excluding hydrogens is 224 g/mol. The Bertz CT molecular complexity index is 454. The third-order valence-corrected chi connectivity index (χ3v) is 4.29. The van der Waals surface area contributed by atoms with Crippen molar-refractivity contribution in [1.29, 1.82) is 0 Å². The zero-order valence-electron chi connectivity index (χ0n) is 10.9. The van der Waals surface area contributed by atoms with E-state index in [0.29, 0.717) is 0 Å². The molecule has 1 heterocycles. The first kappa shape index (κ1) is 11.7. The smallest absolute Gasteiger partial charge is 0.241 e. The number of carbonyl (C=O) groups excluding carboxylic acids is 1. The molecule has 1 N–H and O–H groups in total. The molecule has 0 spiro atoms. The van der Waals surface area contributed by atoms with Gasteiger partial charge in [0, 0.05) is 18.8 Å². The van der Waals surface area contributed by atoms with Crippen LogP contribution in [0.2, 0.25) is 0 Å². The van der Waals surface area contributed by atoms with Crippen molar-refractivity contribution in [2.45, 2.75) is 38.8 Å². The van der Waals surface area contributed by atoms with Gasteiger partial charge in [-0.15, -0.1) is 0 Å². The molecule has 1 unspecified atom stereocenters. The molecule has 3 heteroatoms. The number of rotatable bonds is 2. The Kier molecular flexibility index (Phi) is 3.08. The van der Waals surface area contributed by atoms with Crippen molar-refractivity contribution < 1.29 is 4.79 Å². The number of para-hydroxylation sites is 1. The van der Waals surface area contributed by atoms with Crippen molar-refractivity contribution in [2.24, 2.45) is 5.92 Å². The summed E-state index contributed by atoms with van der Waals surface area (Å²) in [7, 11) is 0. The minimum absolute atomic E-state index is 0.0296. The van der Waals surface area contributed by atoms with Gasteiger partial charge in [-0.05, 0) is 37.3 Å². The van der Waals surface area contributed by atoms with Crippen molar-refractivity contribution in [1.82, 2.24) is 4.90 Å². The van der Waals surface area contributed by atoms with E-state index in [1.807, 2.05) is 25.1 Å². The number of hydrogen-bond donors (Lipinski definition) is 1. The van der Waals surface area contributed by atoms with E-state index < -0.39 is 0 Å². The molecule has 3 rings (SSSR count). The molecule has 1 aromatic rings. The number of nitrogens with one attached hydrogen (secondary N) is 1. The Morgan fingerprint density at radius 3 is 2.83 bits per heavy atom. The third-order valence-electron chi connectivity index (χ3n) is 4.29. The van der Waals surface area contributed by atoms with Gasteiger partial charge >= 0.3 is 0 Å². The largest absolute Gasteiger partial charge is 0.324 e. The maximum absolute atomic E-state index is 12.1. The summed E-state index contributed by atoms with van der Waals surface area (Å²) in [6, 6.07) is 8.10. The molecule has 1 aliphatic carbocycles. The highest BCUT2D eigenvalue weighted by molar-refractivity contribution is 5.95. The third kappa shape index (κ3) is 2.15. The summed E-state index contributed by atoms with van der Waals surface area (Å²) in [5.41, 5.74) is 2.21. The van der Waals surface area contributed by atoms with Crippen molar-refractivity contribution in [3.8, 4) is 0 Å². The van der Waals surface area contributed by atoms with Gasteiger partial charge < -0.3 is 5.32 Å². The minimum atomic E-state index is -0.0296. The molecule has 0 aromatic heterocycles. The summed E-state index contributed by atoms with van der Waals surface area (Å²) < 4.78 is 0. The van der Waals surface area contributed by atoms with Gasteiger partial charge in [-0.3, -0.25) is 9.69 Å². The average molecular weight is 244 g/mol. The van der Waals surface area contributed by atoms with Crippen LogP contribution in [0.25, 0.3) is 0 Å². The fourth-order valence-corrected chi connectivity index (χ4v) is 2.77. The first-order valence-corrected chi connectivity index (χ1v) is 6.87. The number of amides is 1. The molecule has 0 radical (unpaired) electrons. The lowest BCUT2D eigenvalue weighted by molar-refractivity contribution is -0.121. The summed E-state index contributed by atoms with van der Waals surface area (Å²) in [4.78, 5) is 14.4. The van der Waals surface area contributed by atoms with Crippen LogP contribution in [0.1, 0.15) is 31.7 Å². The van der Waals surface area contributed by atoms with Crippen LogP contribution >= 0.6 is 0 Å². The molecule has 1 saturated carbocycles. The van der Waals surface area contributed by atoms with Gasteiger partial charge in [0.25, 0.3) is 0 Å². The lowest BCUT2D eigenvalue weighted by atomic mass is 9.85. The summed E-state index contributed by atoms with van der Waals surface area (Å²) in [5, 5.41) is 3.03. The number of anilines is 1. The maximum Gasteiger partial charge on any atom is 0.241 e. The van der Waals surface area contributed by atoms with Crippen LogP contribution in [0.3, 0.4) is 0 Å². The Balaban J connectivity index is 1.82. The zero-order chi connectivity index (χ0) is 12.5. The number of fused-ring (bicyclic) bond motifs is 1. The SMILES string of the molecule is CC1C(=O)Nc2ccccc2CN1CC1CCC1. The van der Waals surface area contributed by atoms with Crippen molar-refractivity contribution in [2.75, 3.05) is 11.9 Å². The Labute approximate surface area is 108 Å². The van der Waals surface area contributed by atoms with E-state index in [2.05, 4.69) is 16.3 Å². The van der Waals surface area contributed by atoms with Gasteiger partial charge in [0.2, 0.25) is 5.91 Å². The summed E-state index contributed by atoms with van der Waals surface area (Å²) in [6.45, 7) is 3.95. The van der Waals surface area contributed by atoms with E-state index in [0.717, 1.165) is 24.7 Å². The van der Waals surface area contributed by atoms with Crippen LogP contribution in [0.15, 0.2) is 24.3 Å². The second-order valence-electron chi connectivity index (χ2n) is 5.55. The molecule has 0 saturated heterocycles. The molecule has 18 heavy (non-hydrogen) atoms. The standard InChI is InChI=1S/C15H20N2O/c1-11-15(18)16-14-8-3-2-7-13(14)10-17(11)9-12-5-4-6-12/h2-3,7-8,11-12H,4-6,9-10H2,1H3,(H,16,18). The van der Waals surface area contributed by atoms with Gasteiger partial charge in [0.1, 0.15) is 0 Å². The molecular formula is C15H20N2O. The second kappa shape index (κ2) is 4.73. The number of nitrogens with zero attached hydrogens (tertiary/aromatic N) is 1. The monoisotopic (exact) mass is 244 g/mol. The molecule has 1 fully saturated rings. The Morgan fingerprint density at radius 2 is 2.11 bits per heavy atom. The van der Waals surface area contributed by atoms with Crippen LogP contribution in [-0.2, 0) is 11.3 Å². The van der Waals surface area contributed by atoms with Crippen molar-refractivity contribution >= 4 is 11.6 Å². The Morgan fingerprint density at radius 1 is 1.33 bits per heavy atom. The lowest BCUT2D eigenvalue weighted by Gasteiger charge is -2.34. The quantitative estimate of drug-likeness (QED) is 0.867. The summed E-state index contributed by atoms with van der Waals surface area (Å²) in [5.74, 6) is 0.921. The lowest BCUT2D eigenvalue weighted by Crippen LogP contribution is -2.43. The first-order chi connectivity index (χ1) is 8.74. The van der Waals surface area contributed by atoms with Crippen LogP contribution in [-0.4, -0.2) is 23.4 Å². The fourth-order valence-electron chi connectivity index (χ4n) is 2.77. The number of benzene rings is 1.